The Morgan fingerprint density at radius 1 is 1.39 bits per heavy atom. The van der Waals surface area contributed by atoms with Crippen LogP contribution < -0.4 is 5.32 Å². The second kappa shape index (κ2) is 5.41. The highest BCUT2D eigenvalue weighted by Crippen LogP contribution is 2.41. The summed E-state index contributed by atoms with van der Waals surface area (Å²) in [6.45, 7) is 7.40. The Labute approximate surface area is 110 Å². The van der Waals surface area contributed by atoms with E-state index in [9.17, 15) is 5.11 Å². The average Bonchev–Trinajstić information content (AvgIpc) is 2.32. The molecular weight excluding hydrogens is 222 g/mol. The Morgan fingerprint density at radius 3 is 2.83 bits per heavy atom. The Hall–Kier alpha value is -0.860. The highest BCUT2D eigenvalue weighted by atomic mass is 16.3. The van der Waals surface area contributed by atoms with Crippen LogP contribution in [0, 0.1) is 0 Å². The monoisotopic (exact) mass is 247 g/mol. The van der Waals surface area contributed by atoms with Crippen LogP contribution in [0.5, 0.6) is 0 Å². The molecule has 2 heteroatoms. The zero-order valence-electron chi connectivity index (χ0n) is 11.7. The molecule has 0 aromatic heterocycles. The second-order valence-electron chi connectivity index (χ2n) is 6.15. The van der Waals surface area contributed by atoms with Gasteiger partial charge in [0.25, 0.3) is 0 Å². The Balaban J connectivity index is 2.11. The number of nitrogens with one attached hydrogen (secondary N) is 1. The molecule has 1 aliphatic carbocycles. The van der Waals surface area contributed by atoms with Crippen LogP contribution in [0.15, 0.2) is 24.3 Å². The number of hydrogen-bond acceptors (Lipinski definition) is 2. The molecule has 18 heavy (non-hydrogen) atoms. The molecule has 0 aliphatic heterocycles. The molecule has 2 nitrogen and oxygen atoms in total. The molecule has 0 saturated heterocycles. The first-order valence-electron chi connectivity index (χ1n) is 7.01. The summed E-state index contributed by atoms with van der Waals surface area (Å²) in [5, 5.41) is 12.9. The lowest BCUT2D eigenvalue weighted by Crippen LogP contribution is -2.33. The lowest BCUT2D eigenvalue weighted by Gasteiger charge is -2.37. The Bertz CT molecular complexity index is 398. The third kappa shape index (κ3) is 2.93. The molecule has 100 valence electrons. The zero-order chi connectivity index (χ0) is 13.2. The molecular formula is C16H25NO. The normalized spacial score (nSPS) is 23.4. The molecule has 1 aromatic rings. The van der Waals surface area contributed by atoms with Crippen LogP contribution in [0.3, 0.4) is 0 Å². The largest absolute Gasteiger partial charge is 0.393 e. The summed E-state index contributed by atoms with van der Waals surface area (Å²) in [6, 6.07) is 9.23. The van der Waals surface area contributed by atoms with Gasteiger partial charge in [0.2, 0.25) is 0 Å². The van der Waals surface area contributed by atoms with Crippen molar-refractivity contribution in [3.8, 4) is 0 Å². The molecule has 0 fully saturated rings. The van der Waals surface area contributed by atoms with E-state index in [1.165, 1.54) is 24.0 Å². The van der Waals surface area contributed by atoms with Gasteiger partial charge in [-0.1, -0.05) is 38.1 Å². The van der Waals surface area contributed by atoms with Crippen LogP contribution >= 0.6 is 0 Å². The number of rotatable bonds is 4. The number of aliphatic hydroxyl groups is 1. The molecule has 0 heterocycles. The predicted octanol–water partition coefficient (Wildman–Crippen LogP) is 3.16. The van der Waals surface area contributed by atoms with Gasteiger partial charge in [-0.25, -0.2) is 0 Å². The van der Waals surface area contributed by atoms with E-state index in [4.69, 9.17) is 0 Å². The SMILES string of the molecule is CC(O)CCNC1CCC(C)(C)c2ccccc21. The summed E-state index contributed by atoms with van der Waals surface area (Å²) in [5.41, 5.74) is 3.21. The minimum absolute atomic E-state index is 0.215. The first-order chi connectivity index (χ1) is 8.50. The molecule has 0 saturated carbocycles. The molecule has 2 unspecified atom stereocenters. The van der Waals surface area contributed by atoms with Gasteiger partial charge in [-0.15, -0.1) is 0 Å². The second-order valence-corrected chi connectivity index (χ2v) is 6.15. The highest BCUT2D eigenvalue weighted by Gasteiger charge is 2.31. The van der Waals surface area contributed by atoms with Gasteiger partial charge in [-0.2, -0.15) is 0 Å². The van der Waals surface area contributed by atoms with Gasteiger partial charge in [0.1, 0.15) is 0 Å². The summed E-state index contributed by atoms with van der Waals surface area (Å²) < 4.78 is 0. The van der Waals surface area contributed by atoms with Crippen molar-refractivity contribution in [3.63, 3.8) is 0 Å². The minimum atomic E-state index is -0.215. The van der Waals surface area contributed by atoms with Crippen molar-refractivity contribution in [2.75, 3.05) is 6.54 Å². The Morgan fingerprint density at radius 2 is 2.11 bits per heavy atom. The van der Waals surface area contributed by atoms with Crippen LogP contribution in [0.2, 0.25) is 0 Å². The molecule has 2 N–H and O–H groups in total. The molecule has 0 bridgehead atoms. The van der Waals surface area contributed by atoms with E-state index in [0.29, 0.717) is 11.5 Å². The standard InChI is InChI=1S/C16H25NO/c1-12(18)9-11-17-15-8-10-16(2,3)14-7-5-4-6-13(14)15/h4-7,12,15,17-18H,8-11H2,1-3H3. The smallest absolute Gasteiger partial charge is 0.0524 e. The quantitative estimate of drug-likeness (QED) is 0.856. The van der Waals surface area contributed by atoms with Crippen molar-refractivity contribution in [2.24, 2.45) is 0 Å². The van der Waals surface area contributed by atoms with Crippen LogP contribution in [-0.4, -0.2) is 17.8 Å². The first-order valence-corrected chi connectivity index (χ1v) is 7.01. The van der Waals surface area contributed by atoms with E-state index < -0.39 is 0 Å². The highest BCUT2D eigenvalue weighted by molar-refractivity contribution is 5.38. The number of hydrogen-bond donors (Lipinski definition) is 2. The maximum atomic E-state index is 9.32. The van der Waals surface area contributed by atoms with Gasteiger partial charge in [-0.05, 0) is 49.3 Å². The van der Waals surface area contributed by atoms with Gasteiger partial charge in [-0.3, -0.25) is 0 Å². The third-order valence-corrected chi connectivity index (χ3v) is 4.08. The van der Waals surface area contributed by atoms with Crippen LogP contribution in [0.25, 0.3) is 0 Å². The lowest BCUT2D eigenvalue weighted by molar-refractivity contribution is 0.181. The molecule has 0 radical (unpaired) electrons. The van der Waals surface area contributed by atoms with E-state index >= 15 is 0 Å². The fourth-order valence-electron chi connectivity index (χ4n) is 2.89. The van der Waals surface area contributed by atoms with Gasteiger partial charge in [0, 0.05) is 6.04 Å². The Kier molecular flexibility index (Phi) is 4.08. The predicted molar refractivity (Wildman–Crippen MR) is 75.7 cm³/mol. The van der Waals surface area contributed by atoms with Gasteiger partial charge >= 0.3 is 0 Å². The van der Waals surface area contributed by atoms with Crippen molar-refractivity contribution < 1.29 is 5.11 Å². The topological polar surface area (TPSA) is 32.3 Å². The summed E-state index contributed by atoms with van der Waals surface area (Å²) in [7, 11) is 0. The first kappa shape index (κ1) is 13.6. The van der Waals surface area contributed by atoms with Crippen molar-refractivity contribution in [3.05, 3.63) is 35.4 Å². The van der Waals surface area contributed by atoms with Crippen molar-refractivity contribution in [1.29, 1.82) is 0 Å². The maximum Gasteiger partial charge on any atom is 0.0524 e. The van der Waals surface area contributed by atoms with E-state index in [2.05, 4.69) is 43.4 Å². The number of benzene rings is 1. The number of fused-ring (bicyclic) bond motifs is 1. The van der Waals surface area contributed by atoms with Crippen molar-refractivity contribution in [2.45, 2.75) is 57.6 Å². The van der Waals surface area contributed by atoms with E-state index in [1.54, 1.807) is 0 Å². The summed E-state index contributed by atoms with van der Waals surface area (Å²) in [4.78, 5) is 0. The van der Waals surface area contributed by atoms with Crippen molar-refractivity contribution in [1.82, 2.24) is 5.32 Å². The summed E-state index contributed by atoms with van der Waals surface area (Å²) >= 11 is 0. The summed E-state index contributed by atoms with van der Waals surface area (Å²) in [5.74, 6) is 0. The minimum Gasteiger partial charge on any atom is -0.393 e. The van der Waals surface area contributed by atoms with Gasteiger partial charge < -0.3 is 10.4 Å². The summed E-state index contributed by atoms with van der Waals surface area (Å²) in [6.07, 6.45) is 3.01. The fourth-order valence-corrected chi connectivity index (χ4v) is 2.89. The van der Waals surface area contributed by atoms with Crippen LogP contribution in [-0.2, 0) is 5.41 Å². The average molecular weight is 247 g/mol. The van der Waals surface area contributed by atoms with Crippen LogP contribution in [0.4, 0.5) is 0 Å². The molecule has 0 spiro atoms. The molecule has 1 aromatic carbocycles. The molecule has 1 aliphatic rings. The van der Waals surface area contributed by atoms with Gasteiger partial charge in [0.05, 0.1) is 6.10 Å². The van der Waals surface area contributed by atoms with E-state index in [-0.39, 0.29) is 6.10 Å². The van der Waals surface area contributed by atoms with Crippen LogP contribution in [0.1, 0.15) is 57.2 Å². The van der Waals surface area contributed by atoms with E-state index in [1.807, 2.05) is 6.92 Å². The maximum absolute atomic E-state index is 9.32. The lowest BCUT2D eigenvalue weighted by atomic mass is 9.71. The van der Waals surface area contributed by atoms with E-state index in [0.717, 1.165) is 13.0 Å². The molecule has 2 rings (SSSR count). The van der Waals surface area contributed by atoms with Gasteiger partial charge in [0.15, 0.2) is 0 Å². The number of aliphatic hydroxyl groups excluding tert-OH is 1. The zero-order valence-corrected chi connectivity index (χ0v) is 11.7. The molecule has 0 amide bonds. The fraction of sp³-hybridized carbons (Fsp3) is 0.625. The third-order valence-electron chi connectivity index (χ3n) is 4.08. The van der Waals surface area contributed by atoms with Crippen molar-refractivity contribution >= 4 is 0 Å². The molecule has 2 atom stereocenters.